The summed E-state index contributed by atoms with van der Waals surface area (Å²) in [4.78, 5) is 12.0. The van der Waals surface area contributed by atoms with Crippen LogP contribution < -0.4 is 10.6 Å². The summed E-state index contributed by atoms with van der Waals surface area (Å²) in [6.45, 7) is 0.990. The zero-order valence-corrected chi connectivity index (χ0v) is 9.30. The van der Waals surface area contributed by atoms with Gasteiger partial charge in [0.25, 0.3) is 5.91 Å². The number of rotatable bonds is 0. The SMILES string of the molecule is O=C1Nc2cccc(Cl)c2NC12CCOC2. The zero-order valence-electron chi connectivity index (χ0n) is 8.55. The molecular formula is C11H11ClN2O2. The Bertz CT molecular complexity index is 455. The molecule has 1 aromatic rings. The van der Waals surface area contributed by atoms with Gasteiger partial charge in [0.05, 0.1) is 23.0 Å². The number of para-hydroxylation sites is 1. The highest BCUT2D eigenvalue weighted by Gasteiger charge is 2.45. The average molecular weight is 239 g/mol. The minimum atomic E-state index is -0.641. The number of anilines is 2. The lowest BCUT2D eigenvalue weighted by molar-refractivity contribution is -0.120. The van der Waals surface area contributed by atoms with E-state index < -0.39 is 5.54 Å². The molecule has 1 fully saturated rings. The van der Waals surface area contributed by atoms with Crippen LogP contribution in [0.2, 0.25) is 5.02 Å². The highest BCUT2D eigenvalue weighted by Crippen LogP contribution is 2.39. The monoisotopic (exact) mass is 238 g/mol. The van der Waals surface area contributed by atoms with E-state index in [0.717, 1.165) is 11.4 Å². The van der Waals surface area contributed by atoms with Gasteiger partial charge in [-0.25, -0.2) is 0 Å². The third kappa shape index (κ3) is 1.30. The molecule has 1 amide bonds. The van der Waals surface area contributed by atoms with E-state index in [2.05, 4.69) is 10.6 Å². The van der Waals surface area contributed by atoms with Crippen LogP contribution in [-0.4, -0.2) is 24.7 Å². The Hall–Kier alpha value is -1.26. The van der Waals surface area contributed by atoms with Gasteiger partial charge in [0, 0.05) is 13.0 Å². The minimum Gasteiger partial charge on any atom is -0.378 e. The van der Waals surface area contributed by atoms with E-state index >= 15 is 0 Å². The number of halogens is 1. The van der Waals surface area contributed by atoms with Crippen molar-refractivity contribution in [2.75, 3.05) is 23.8 Å². The summed E-state index contributed by atoms with van der Waals surface area (Å²) in [6, 6.07) is 5.44. The van der Waals surface area contributed by atoms with Gasteiger partial charge < -0.3 is 15.4 Å². The second-order valence-corrected chi connectivity index (χ2v) is 4.53. The van der Waals surface area contributed by atoms with Gasteiger partial charge in [-0.1, -0.05) is 17.7 Å². The second-order valence-electron chi connectivity index (χ2n) is 4.13. The molecule has 0 aromatic heterocycles. The zero-order chi connectivity index (χ0) is 11.2. The summed E-state index contributed by atoms with van der Waals surface area (Å²) >= 11 is 6.10. The predicted octanol–water partition coefficient (Wildman–Crippen LogP) is 1.86. The molecule has 2 N–H and O–H groups in total. The molecule has 4 nitrogen and oxygen atoms in total. The lowest BCUT2D eigenvalue weighted by Gasteiger charge is -2.34. The van der Waals surface area contributed by atoms with Crippen molar-refractivity contribution in [2.24, 2.45) is 0 Å². The largest absolute Gasteiger partial charge is 0.378 e. The Labute approximate surface area is 97.9 Å². The molecule has 84 valence electrons. The molecule has 0 aliphatic carbocycles. The molecular weight excluding hydrogens is 228 g/mol. The maximum absolute atomic E-state index is 12.0. The van der Waals surface area contributed by atoms with E-state index in [0.29, 0.717) is 24.7 Å². The molecule has 16 heavy (non-hydrogen) atoms. The third-order valence-electron chi connectivity index (χ3n) is 3.08. The van der Waals surface area contributed by atoms with E-state index in [9.17, 15) is 4.79 Å². The molecule has 0 bridgehead atoms. The van der Waals surface area contributed by atoms with Crippen molar-refractivity contribution in [3.63, 3.8) is 0 Å². The fourth-order valence-corrected chi connectivity index (χ4v) is 2.36. The van der Waals surface area contributed by atoms with Crippen molar-refractivity contribution >= 4 is 28.9 Å². The molecule has 2 heterocycles. The lowest BCUT2D eigenvalue weighted by Crippen LogP contribution is -2.53. The summed E-state index contributed by atoms with van der Waals surface area (Å²) in [6.07, 6.45) is 0.670. The third-order valence-corrected chi connectivity index (χ3v) is 3.40. The van der Waals surface area contributed by atoms with Gasteiger partial charge in [-0.3, -0.25) is 4.79 Å². The second kappa shape index (κ2) is 3.37. The van der Waals surface area contributed by atoms with Crippen molar-refractivity contribution < 1.29 is 9.53 Å². The first-order valence-electron chi connectivity index (χ1n) is 5.17. The normalized spacial score (nSPS) is 27.4. The number of hydrogen-bond acceptors (Lipinski definition) is 3. The molecule has 0 radical (unpaired) electrons. The highest BCUT2D eigenvalue weighted by atomic mass is 35.5. The molecule has 5 heteroatoms. The Morgan fingerprint density at radius 3 is 3.06 bits per heavy atom. The van der Waals surface area contributed by atoms with Gasteiger partial charge in [0.1, 0.15) is 5.54 Å². The van der Waals surface area contributed by atoms with Crippen LogP contribution in [-0.2, 0) is 9.53 Å². The van der Waals surface area contributed by atoms with E-state index in [1.165, 1.54) is 0 Å². The molecule has 2 aliphatic rings. The van der Waals surface area contributed by atoms with Crippen molar-refractivity contribution in [1.82, 2.24) is 0 Å². The number of nitrogens with one attached hydrogen (secondary N) is 2. The van der Waals surface area contributed by atoms with Crippen molar-refractivity contribution in [2.45, 2.75) is 12.0 Å². The number of fused-ring (bicyclic) bond motifs is 1. The summed E-state index contributed by atoms with van der Waals surface area (Å²) in [5, 5.41) is 6.70. The fourth-order valence-electron chi connectivity index (χ4n) is 2.14. The Balaban J connectivity index is 2.06. The van der Waals surface area contributed by atoms with E-state index in [1.54, 1.807) is 6.07 Å². The summed E-state index contributed by atoms with van der Waals surface area (Å²) in [5.74, 6) is -0.0419. The first-order chi connectivity index (χ1) is 7.71. The molecule has 1 saturated heterocycles. The van der Waals surface area contributed by atoms with Gasteiger partial charge in [0.15, 0.2) is 0 Å². The quantitative estimate of drug-likeness (QED) is 0.726. The first kappa shape index (κ1) is 9.93. The standard InChI is InChI=1S/C11H11ClN2O2/c12-7-2-1-3-8-9(7)14-11(10(15)13-8)4-5-16-6-11/h1-3,14H,4-6H2,(H,13,15). The number of ether oxygens (including phenoxy) is 1. The number of benzene rings is 1. The summed E-state index contributed by atoms with van der Waals surface area (Å²) in [5.41, 5.74) is 0.877. The van der Waals surface area contributed by atoms with Crippen LogP contribution in [0.5, 0.6) is 0 Å². The van der Waals surface area contributed by atoms with Gasteiger partial charge in [-0.05, 0) is 12.1 Å². The topological polar surface area (TPSA) is 50.4 Å². The molecule has 2 aliphatic heterocycles. The average Bonchev–Trinajstić information content (AvgIpc) is 2.72. The highest BCUT2D eigenvalue weighted by molar-refractivity contribution is 6.34. The number of hydrogen-bond donors (Lipinski definition) is 2. The number of carbonyl (C=O) groups is 1. The maximum atomic E-state index is 12.0. The van der Waals surface area contributed by atoms with Crippen LogP contribution in [0.3, 0.4) is 0 Å². The summed E-state index contributed by atoms with van der Waals surface area (Å²) in [7, 11) is 0. The van der Waals surface area contributed by atoms with Gasteiger partial charge in [0.2, 0.25) is 0 Å². The lowest BCUT2D eigenvalue weighted by atomic mass is 9.94. The minimum absolute atomic E-state index is 0.0419. The Kier molecular flexibility index (Phi) is 2.09. The van der Waals surface area contributed by atoms with Gasteiger partial charge in [-0.2, -0.15) is 0 Å². The van der Waals surface area contributed by atoms with Crippen molar-refractivity contribution in [3.05, 3.63) is 23.2 Å². The number of amides is 1. The van der Waals surface area contributed by atoms with Crippen LogP contribution in [0.15, 0.2) is 18.2 Å². The van der Waals surface area contributed by atoms with E-state index in [-0.39, 0.29) is 5.91 Å². The molecule has 0 saturated carbocycles. The molecule has 1 spiro atoms. The Morgan fingerprint density at radius 2 is 2.31 bits per heavy atom. The molecule has 1 aromatic carbocycles. The van der Waals surface area contributed by atoms with Crippen LogP contribution in [0, 0.1) is 0 Å². The summed E-state index contributed by atoms with van der Waals surface area (Å²) < 4.78 is 5.30. The molecule has 3 rings (SSSR count). The van der Waals surface area contributed by atoms with Gasteiger partial charge >= 0.3 is 0 Å². The van der Waals surface area contributed by atoms with Crippen LogP contribution in [0.1, 0.15) is 6.42 Å². The fraction of sp³-hybridized carbons (Fsp3) is 0.364. The predicted molar refractivity (Wildman–Crippen MR) is 61.9 cm³/mol. The first-order valence-corrected chi connectivity index (χ1v) is 5.55. The molecule has 1 unspecified atom stereocenters. The van der Waals surface area contributed by atoms with Crippen molar-refractivity contribution in [3.8, 4) is 0 Å². The van der Waals surface area contributed by atoms with E-state index in [4.69, 9.17) is 16.3 Å². The van der Waals surface area contributed by atoms with Gasteiger partial charge in [-0.15, -0.1) is 0 Å². The molecule has 1 atom stereocenters. The maximum Gasteiger partial charge on any atom is 0.252 e. The number of carbonyl (C=O) groups excluding carboxylic acids is 1. The van der Waals surface area contributed by atoms with Crippen LogP contribution in [0.4, 0.5) is 11.4 Å². The Morgan fingerprint density at radius 1 is 1.44 bits per heavy atom. The van der Waals surface area contributed by atoms with Crippen LogP contribution >= 0.6 is 11.6 Å². The van der Waals surface area contributed by atoms with Crippen molar-refractivity contribution in [1.29, 1.82) is 0 Å². The van der Waals surface area contributed by atoms with Crippen LogP contribution in [0.25, 0.3) is 0 Å². The smallest absolute Gasteiger partial charge is 0.252 e. The van der Waals surface area contributed by atoms with E-state index in [1.807, 2.05) is 12.1 Å².